The van der Waals surface area contributed by atoms with Crippen LogP contribution >= 0.6 is 0 Å². The van der Waals surface area contributed by atoms with Crippen LogP contribution in [-0.2, 0) is 6.42 Å². The Labute approximate surface area is 119 Å². The lowest BCUT2D eigenvalue weighted by molar-refractivity contribution is 0.464. The maximum absolute atomic E-state index is 5.73. The summed E-state index contributed by atoms with van der Waals surface area (Å²) in [6.45, 7) is 2.12. The van der Waals surface area contributed by atoms with E-state index in [1.54, 1.807) is 6.20 Å². The molecule has 3 nitrogen and oxygen atoms in total. The first-order valence-electron chi connectivity index (χ1n) is 6.53. The maximum Gasteiger partial charge on any atom is 0.221 e. The van der Waals surface area contributed by atoms with Crippen LogP contribution in [-0.4, -0.2) is 17.8 Å². The molecule has 0 saturated heterocycles. The Balaban J connectivity index is 1.88. The zero-order valence-corrected chi connectivity index (χ0v) is 11.2. The summed E-state index contributed by atoms with van der Waals surface area (Å²) >= 11 is 0. The summed E-state index contributed by atoms with van der Waals surface area (Å²) in [5.41, 5.74) is 2.53. The van der Waals surface area contributed by atoms with Crippen LogP contribution in [0.1, 0.15) is 12.5 Å². The van der Waals surface area contributed by atoms with Crippen LogP contribution in [0.5, 0.6) is 11.6 Å². The van der Waals surface area contributed by atoms with E-state index >= 15 is 0 Å². The fourth-order valence-electron chi connectivity index (χ4n) is 1.98. The van der Waals surface area contributed by atoms with Gasteiger partial charge in [-0.3, -0.25) is 0 Å². The smallest absolute Gasteiger partial charge is 0.221 e. The molecule has 4 heteroatoms. The third kappa shape index (κ3) is 2.64. The summed E-state index contributed by atoms with van der Waals surface area (Å²) in [6.07, 6.45) is 2.61. The number of aromatic nitrogens is 2. The van der Waals surface area contributed by atoms with Crippen LogP contribution in [0.4, 0.5) is 0 Å². The van der Waals surface area contributed by atoms with Crippen molar-refractivity contribution in [3.05, 3.63) is 54.2 Å². The van der Waals surface area contributed by atoms with Crippen molar-refractivity contribution in [2.24, 2.45) is 0 Å². The van der Waals surface area contributed by atoms with E-state index < -0.39 is 0 Å². The lowest BCUT2D eigenvalue weighted by atomic mass is 9.98. The molecule has 0 spiro atoms. The van der Waals surface area contributed by atoms with E-state index in [1.165, 1.54) is 5.56 Å². The molecule has 2 heterocycles. The van der Waals surface area contributed by atoms with E-state index in [4.69, 9.17) is 12.6 Å². The highest BCUT2D eigenvalue weighted by atomic mass is 16.5. The molecule has 0 bridgehead atoms. The van der Waals surface area contributed by atoms with E-state index in [0.717, 1.165) is 17.6 Å². The van der Waals surface area contributed by atoms with Crippen molar-refractivity contribution in [1.29, 1.82) is 0 Å². The summed E-state index contributed by atoms with van der Waals surface area (Å²) in [6, 6.07) is 13.6. The number of benzene rings is 1. The number of aryl methyl sites for hydroxylation is 1. The molecule has 3 aromatic rings. The number of ether oxygens (including phenoxy) is 1. The number of hydrogen-bond donors (Lipinski definition) is 0. The standard InChI is InChI=1S/C16H13BN2O/c1-2-11-3-6-14(7-4-11)20-15-8-5-12-9-13(17)10-18-16(12)19-15/h3-10H,2H2,1H3. The number of hydrogen-bond acceptors (Lipinski definition) is 3. The van der Waals surface area contributed by atoms with Gasteiger partial charge in [0.05, 0.1) is 0 Å². The van der Waals surface area contributed by atoms with Gasteiger partial charge in [-0.2, -0.15) is 4.98 Å². The molecule has 0 fully saturated rings. The molecule has 0 aliphatic heterocycles. The van der Waals surface area contributed by atoms with Crippen LogP contribution in [0.3, 0.4) is 0 Å². The molecule has 3 rings (SSSR count). The number of pyridine rings is 2. The lowest BCUT2D eigenvalue weighted by Crippen LogP contribution is -2.03. The molecular formula is C16H13BN2O. The molecule has 0 atom stereocenters. The molecule has 0 saturated carbocycles. The quantitative estimate of drug-likeness (QED) is 0.679. The average molecular weight is 260 g/mol. The Hall–Kier alpha value is -2.36. The summed E-state index contributed by atoms with van der Waals surface area (Å²) in [4.78, 5) is 8.56. The van der Waals surface area contributed by atoms with E-state index in [2.05, 4.69) is 29.0 Å². The average Bonchev–Trinajstić information content (AvgIpc) is 2.48. The number of nitrogens with zero attached hydrogens (tertiary/aromatic N) is 2. The Morgan fingerprint density at radius 1 is 1.10 bits per heavy atom. The van der Waals surface area contributed by atoms with E-state index in [-0.39, 0.29) is 0 Å². The molecule has 96 valence electrons. The molecule has 0 aliphatic rings. The van der Waals surface area contributed by atoms with Crippen molar-refractivity contribution in [2.75, 3.05) is 0 Å². The van der Waals surface area contributed by atoms with Crippen molar-refractivity contribution in [3.8, 4) is 11.6 Å². The molecule has 20 heavy (non-hydrogen) atoms. The minimum atomic E-state index is 0.527. The van der Waals surface area contributed by atoms with Gasteiger partial charge in [0.15, 0.2) is 5.65 Å². The van der Waals surface area contributed by atoms with Crippen molar-refractivity contribution in [2.45, 2.75) is 13.3 Å². The van der Waals surface area contributed by atoms with Gasteiger partial charge >= 0.3 is 0 Å². The summed E-state index contributed by atoms with van der Waals surface area (Å²) < 4.78 is 5.73. The fraction of sp³-hybridized carbons (Fsp3) is 0.125. The number of fused-ring (bicyclic) bond motifs is 1. The molecule has 0 aliphatic carbocycles. The highest BCUT2D eigenvalue weighted by molar-refractivity contribution is 6.32. The Morgan fingerprint density at radius 3 is 2.65 bits per heavy atom. The largest absolute Gasteiger partial charge is 0.439 e. The second-order valence-electron chi connectivity index (χ2n) is 4.56. The van der Waals surface area contributed by atoms with E-state index in [1.807, 2.05) is 30.3 Å². The molecule has 0 N–H and O–H groups in total. The van der Waals surface area contributed by atoms with Gasteiger partial charge in [-0.1, -0.05) is 30.6 Å². The molecule has 2 aromatic heterocycles. The van der Waals surface area contributed by atoms with Crippen LogP contribution in [0, 0.1) is 0 Å². The Morgan fingerprint density at radius 2 is 1.90 bits per heavy atom. The predicted molar refractivity (Wildman–Crippen MR) is 80.8 cm³/mol. The Kier molecular flexibility index (Phi) is 3.38. The van der Waals surface area contributed by atoms with Gasteiger partial charge in [-0.05, 0) is 30.2 Å². The first-order chi connectivity index (χ1) is 9.74. The van der Waals surface area contributed by atoms with Crippen molar-refractivity contribution >= 4 is 24.3 Å². The minimum Gasteiger partial charge on any atom is -0.439 e. The van der Waals surface area contributed by atoms with Crippen LogP contribution in [0.25, 0.3) is 11.0 Å². The van der Waals surface area contributed by atoms with Gasteiger partial charge < -0.3 is 4.74 Å². The topological polar surface area (TPSA) is 35.0 Å². The maximum atomic E-state index is 5.73. The second kappa shape index (κ2) is 5.33. The molecule has 2 radical (unpaired) electrons. The second-order valence-corrected chi connectivity index (χ2v) is 4.56. The van der Waals surface area contributed by atoms with Gasteiger partial charge in [-0.15, -0.1) is 0 Å². The van der Waals surface area contributed by atoms with Crippen LogP contribution in [0.2, 0.25) is 0 Å². The third-order valence-corrected chi connectivity index (χ3v) is 3.09. The number of rotatable bonds is 3. The normalized spacial score (nSPS) is 10.7. The zero-order chi connectivity index (χ0) is 13.9. The van der Waals surface area contributed by atoms with Gasteiger partial charge in [0.2, 0.25) is 5.88 Å². The van der Waals surface area contributed by atoms with Crippen molar-refractivity contribution < 1.29 is 4.74 Å². The van der Waals surface area contributed by atoms with Crippen LogP contribution in [0.15, 0.2) is 48.7 Å². The highest BCUT2D eigenvalue weighted by Crippen LogP contribution is 2.21. The summed E-state index contributed by atoms with van der Waals surface area (Å²) in [7, 11) is 5.69. The minimum absolute atomic E-state index is 0.527. The van der Waals surface area contributed by atoms with Crippen LogP contribution < -0.4 is 10.2 Å². The molecule has 1 aromatic carbocycles. The van der Waals surface area contributed by atoms with E-state index in [0.29, 0.717) is 17.0 Å². The summed E-state index contributed by atoms with van der Waals surface area (Å²) in [5.74, 6) is 1.29. The van der Waals surface area contributed by atoms with E-state index in [9.17, 15) is 0 Å². The lowest BCUT2D eigenvalue weighted by Gasteiger charge is -2.06. The summed E-state index contributed by atoms with van der Waals surface area (Å²) in [5, 5.41) is 0.902. The first-order valence-corrected chi connectivity index (χ1v) is 6.53. The third-order valence-electron chi connectivity index (χ3n) is 3.09. The Bertz CT molecular complexity index is 741. The monoisotopic (exact) mass is 260 g/mol. The van der Waals surface area contributed by atoms with Gasteiger partial charge in [-0.25, -0.2) is 4.98 Å². The van der Waals surface area contributed by atoms with Crippen molar-refractivity contribution in [3.63, 3.8) is 0 Å². The predicted octanol–water partition coefficient (Wildman–Crippen LogP) is 2.78. The zero-order valence-electron chi connectivity index (χ0n) is 11.2. The SMILES string of the molecule is [B]c1cnc2nc(Oc3ccc(CC)cc3)ccc2c1. The van der Waals surface area contributed by atoms with Gasteiger partial charge in [0.25, 0.3) is 0 Å². The molecular weight excluding hydrogens is 247 g/mol. The van der Waals surface area contributed by atoms with Gasteiger partial charge in [0, 0.05) is 17.6 Å². The first kappa shape index (κ1) is 12.7. The molecule has 0 unspecified atom stereocenters. The highest BCUT2D eigenvalue weighted by Gasteiger charge is 2.02. The van der Waals surface area contributed by atoms with Crippen molar-refractivity contribution in [1.82, 2.24) is 9.97 Å². The van der Waals surface area contributed by atoms with Gasteiger partial charge in [0.1, 0.15) is 13.6 Å². The fourth-order valence-corrected chi connectivity index (χ4v) is 1.98. The molecule has 0 amide bonds.